The molecule has 0 atom stereocenters. The zero-order valence-corrected chi connectivity index (χ0v) is 13.4. The zero-order valence-electron chi connectivity index (χ0n) is 11.8. The van der Waals surface area contributed by atoms with Gasteiger partial charge in [-0.15, -0.1) is 0 Å². The SMILES string of the molecule is CC[N+](CC)(CC)CC(=O)CCCN=C(N)N.[Br-]. The number of hydrogen-bond donors (Lipinski definition) is 2. The molecule has 108 valence electrons. The van der Waals surface area contributed by atoms with Crippen LogP contribution in [0.1, 0.15) is 33.6 Å². The normalized spacial score (nSPS) is 10.6. The lowest BCUT2D eigenvalue weighted by Gasteiger charge is -2.35. The Labute approximate surface area is 121 Å². The fourth-order valence-electron chi connectivity index (χ4n) is 1.94. The molecule has 0 aromatic carbocycles. The van der Waals surface area contributed by atoms with Crippen molar-refractivity contribution in [2.24, 2.45) is 16.5 Å². The molecule has 0 rings (SSSR count). The molecule has 4 N–H and O–H groups in total. The molecule has 0 aromatic rings. The quantitative estimate of drug-likeness (QED) is 0.213. The molecule has 0 amide bonds. The topological polar surface area (TPSA) is 81.5 Å². The maximum Gasteiger partial charge on any atom is 0.186 e. The second-order valence-electron chi connectivity index (χ2n) is 4.40. The minimum Gasteiger partial charge on any atom is -1.00 e. The average Bonchev–Trinajstić information content (AvgIpc) is 2.32. The van der Waals surface area contributed by atoms with Gasteiger partial charge in [0.15, 0.2) is 11.7 Å². The Morgan fingerprint density at radius 1 is 1.11 bits per heavy atom. The third-order valence-corrected chi connectivity index (χ3v) is 3.43. The van der Waals surface area contributed by atoms with Crippen LogP contribution < -0.4 is 28.4 Å². The summed E-state index contributed by atoms with van der Waals surface area (Å²) in [4.78, 5) is 15.7. The fraction of sp³-hybridized carbons (Fsp3) is 0.833. The van der Waals surface area contributed by atoms with Gasteiger partial charge in [0.1, 0.15) is 6.54 Å². The molecule has 0 aromatic heterocycles. The Balaban J connectivity index is 0. The molecule has 0 radical (unpaired) electrons. The van der Waals surface area contributed by atoms with Gasteiger partial charge in [0, 0.05) is 13.0 Å². The number of carbonyl (C=O) groups excluding carboxylic acids is 1. The second kappa shape index (κ2) is 10.3. The van der Waals surface area contributed by atoms with Gasteiger partial charge in [-0.2, -0.15) is 0 Å². The summed E-state index contributed by atoms with van der Waals surface area (Å²) in [5.74, 6) is 0.402. The van der Waals surface area contributed by atoms with E-state index in [0.29, 0.717) is 25.3 Å². The molecule has 0 saturated carbocycles. The van der Waals surface area contributed by atoms with Crippen LogP contribution in [0.3, 0.4) is 0 Å². The standard InChI is InChI=1S/C12H27N4O.BrH/c1-4-16(5-2,6-3)10-11(17)8-7-9-15-12(13)14;/h4-10H2,1-3H3,(H4,13,14,15);1H/q+1;/p-1. The predicted octanol–water partition coefficient (Wildman–Crippen LogP) is -2.51. The van der Waals surface area contributed by atoms with E-state index >= 15 is 0 Å². The van der Waals surface area contributed by atoms with E-state index in [2.05, 4.69) is 25.8 Å². The fourth-order valence-corrected chi connectivity index (χ4v) is 1.94. The number of likely N-dealkylation sites (N-methyl/N-ethyl adjacent to an activating group) is 1. The van der Waals surface area contributed by atoms with Crippen LogP contribution in [0.2, 0.25) is 0 Å². The molecule has 0 unspecified atom stereocenters. The Morgan fingerprint density at radius 2 is 1.61 bits per heavy atom. The van der Waals surface area contributed by atoms with Crippen molar-refractivity contribution in [3.05, 3.63) is 0 Å². The number of nitrogens with two attached hydrogens (primary N) is 2. The van der Waals surface area contributed by atoms with Gasteiger partial charge < -0.3 is 32.9 Å². The zero-order chi connectivity index (χ0) is 13.3. The molecule has 0 saturated heterocycles. The largest absolute Gasteiger partial charge is 1.00 e. The lowest BCUT2D eigenvalue weighted by atomic mass is 10.2. The van der Waals surface area contributed by atoms with Crippen molar-refractivity contribution in [2.75, 3.05) is 32.7 Å². The molecule has 0 spiro atoms. The minimum absolute atomic E-state index is 0. The summed E-state index contributed by atoms with van der Waals surface area (Å²) in [7, 11) is 0. The molecule has 0 fully saturated rings. The van der Waals surface area contributed by atoms with Gasteiger partial charge in [-0.3, -0.25) is 9.79 Å². The molecule has 0 heterocycles. The van der Waals surface area contributed by atoms with E-state index in [1.54, 1.807) is 0 Å². The number of nitrogens with zero attached hydrogens (tertiary/aromatic N) is 2. The number of ketones is 1. The van der Waals surface area contributed by atoms with Crippen LogP contribution in [0.5, 0.6) is 0 Å². The smallest absolute Gasteiger partial charge is 0.186 e. The first-order valence-corrected chi connectivity index (χ1v) is 6.41. The van der Waals surface area contributed by atoms with Crippen LogP contribution in [-0.4, -0.2) is 48.9 Å². The predicted molar refractivity (Wildman–Crippen MR) is 71.7 cm³/mol. The molecule has 0 aliphatic heterocycles. The van der Waals surface area contributed by atoms with Crippen molar-refractivity contribution in [1.82, 2.24) is 0 Å². The van der Waals surface area contributed by atoms with E-state index in [0.717, 1.165) is 30.5 Å². The van der Waals surface area contributed by atoms with E-state index in [1.165, 1.54) is 0 Å². The molecule has 5 nitrogen and oxygen atoms in total. The van der Waals surface area contributed by atoms with Crippen LogP contribution in [0.15, 0.2) is 4.99 Å². The second-order valence-corrected chi connectivity index (χ2v) is 4.40. The van der Waals surface area contributed by atoms with Gasteiger partial charge >= 0.3 is 0 Å². The van der Waals surface area contributed by atoms with Crippen LogP contribution >= 0.6 is 0 Å². The van der Waals surface area contributed by atoms with Crippen LogP contribution in [0.25, 0.3) is 0 Å². The Bertz CT molecular complexity index is 253. The summed E-state index contributed by atoms with van der Waals surface area (Å²) in [6.07, 6.45) is 1.30. The summed E-state index contributed by atoms with van der Waals surface area (Å²) in [5, 5.41) is 0. The van der Waals surface area contributed by atoms with Crippen molar-refractivity contribution < 1.29 is 26.3 Å². The highest BCUT2D eigenvalue weighted by atomic mass is 79.9. The van der Waals surface area contributed by atoms with Crippen LogP contribution in [0.4, 0.5) is 0 Å². The van der Waals surface area contributed by atoms with E-state index < -0.39 is 0 Å². The number of carbonyl (C=O) groups is 1. The van der Waals surface area contributed by atoms with E-state index in [-0.39, 0.29) is 22.9 Å². The molecule has 0 aliphatic rings. The van der Waals surface area contributed by atoms with Crippen LogP contribution in [-0.2, 0) is 4.79 Å². The molecule has 18 heavy (non-hydrogen) atoms. The average molecular weight is 323 g/mol. The summed E-state index contributed by atoms with van der Waals surface area (Å²) in [5.41, 5.74) is 10.4. The van der Waals surface area contributed by atoms with Gasteiger partial charge in [-0.25, -0.2) is 0 Å². The lowest BCUT2D eigenvalue weighted by molar-refractivity contribution is -0.915. The number of hydrogen-bond acceptors (Lipinski definition) is 2. The number of quaternary nitrogens is 1. The Morgan fingerprint density at radius 3 is 2.00 bits per heavy atom. The Kier molecular flexibility index (Phi) is 11.3. The van der Waals surface area contributed by atoms with Crippen molar-refractivity contribution in [3.8, 4) is 0 Å². The highest BCUT2D eigenvalue weighted by molar-refractivity contribution is 5.79. The van der Waals surface area contributed by atoms with Crippen molar-refractivity contribution in [2.45, 2.75) is 33.6 Å². The van der Waals surface area contributed by atoms with Gasteiger partial charge in [0.25, 0.3) is 0 Å². The number of rotatable bonds is 9. The van der Waals surface area contributed by atoms with Crippen molar-refractivity contribution in [1.29, 1.82) is 0 Å². The number of aliphatic imine (C=N–C) groups is 1. The molecule has 0 aliphatic carbocycles. The molecular formula is C12H27BrN4O. The third kappa shape index (κ3) is 7.66. The number of guanidine groups is 1. The first-order chi connectivity index (χ1) is 7.99. The summed E-state index contributed by atoms with van der Waals surface area (Å²) in [6, 6.07) is 0. The first-order valence-electron chi connectivity index (χ1n) is 6.41. The van der Waals surface area contributed by atoms with E-state index in [4.69, 9.17) is 11.5 Å². The maximum absolute atomic E-state index is 11.9. The van der Waals surface area contributed by atoms with Gasteiger partial charge in [-0.1, -0.05) is 0 Å². The van der Waals surface area contributed by atoms with Gasteiger partial charge in [0.05, 0.1) is 19.6 Å². The van der Waals surface area contributed by atoms with Crippen molar-refractivity contribution >= 4 is 11.7 Å². The molecule has 6 heteroatoms. The van der Waals surface area contributed by atoms with Gasteiger partial charge in [0.2, 0.25) is 0 Å². The maximum atomic E-state index is 11.9. The van der Waals surface area contributed by atoms with Gasteiger partial charge in [-0.05, 0) is 27.2 Å². The summed E-state index contributed by atoms with van der Waals surface area (Å²) >= 11 is 0. The monoisotopic (exact) mass is 322 g/mol. The third-order valence-electron chi connectivity index (χ3n) is 3.43. The summed E-state index contributed by atoms with van der Waals surface area (Å²) in [6.45, 7) is 10.6. The first kappa shape index (κ1) is 19.7. The van der Waals surface area contributed by atoms with Crippen LogP contribution in [0, 0.1) is 0 Å². The minimum atomic E-state index is 0. The highest BCUT2D eigenvalue weighted by Gasteiger charge is 2.23. The number of halogens is 1. The lowest BCUT2D eigenvalue weighted by Crippen LogP contribution is -3.00. The van der Waals surface area contributed by atoms with E-state index in [9.17, 15) is 4.79 Å². The van der Waals surface area contributed by atoms with Crippen molar-refractivity contribution in [3.63, 3.8) is 0 Å². The Hall–Kier alpha value is -0.620. The summed E-state index contributed by atoms with van der Waals surface area (Å²) < 4.78 is 0.876. The molecular weight excluding hydrogens is 296 g/mol. The van der Waals surface area contributed by atoms with E-state index in [1.807, 2.05) is 0 Å². The molecule has 0 bridgehead atoms. The highest BCUT2D eigenvalue weighted by Crippen LogP contribution is 2.07. The number of Topliss-reactive ketones (excluding diaryl/α,β-unsaturated/α-hetero) is 1.